The molecule has 1 aliphatic rings. The van der Waals surface area contributed by atoms with Crippen molar-refractivity contribution in [3.05, 3.63) is 29.8 Å². The maximum absolute atomic E-state index is 12.3. The molecule has 0 spiro atoms. The summed E-state index contributed by atoms with van der Waals surface area (Å²) in [5.41, 5.74) is 7.64. The Hall–Kier alpha value is -1.35. The van der Waals surface area contributed by atoms with E-state index in [-0.39, 0.29) is 11.3 Å². The summed E-state index contributed by atoms with van der Waals surface area (Å²) in [5, 5.41) is 3.01. The van der Waals surface area contributed by atoms with Crippen LogP contribution < -0.4 is 11.1 Å². The second-order valence-corrected chi connectivity index (χ2v) is 5.90. The molecule has 0 saturated heterocycles. The van der Waals surface area contributed by atoms with Crippen LogP contribution in [0.15, 0.2) is 24.3 Å². The number of benzene rings is 1. The molecule has 3 heteroatoms. The van der Waals surface area contributed by atoms with Gasteiger partial charge < -0.3 is 11.1 Å². The van der Waals surface area contributed by atoms with Crippen molar-refractivity contribution < 1.29 is 4.79 Å². The zero-order valence-corrected chi connectivity index (χ0v) is 11.9. The number of anilines is 1. The molecule has 1 aliphatic carbocycles. The fourth-order valence-corrected chi connectivity index (χ4v) is 3.03. The number of carbonyl (C=O) groups is 1. The van der Waals surface area contributed by atoms with Gasteiger partial charge in [0.1, 0.15) is 0 Å². The lowest BCUT2D eigenvalue weighted by Gasteiger charge is -2.44. The van der Waals surface area contributed by atoms with Crippen LogP contribution in [-0.4, -0.2) is 12.5 Å². The Kier molecular flexibility index (Phi) is 4.25. The van der Waals surface area contributed by atoms with Gasteiger partial charge in [0.15, 0.2) is 0 Å². The molecule has 0 unspecified atom stereocenters. The van der Waals surface area contributed by atoms with E-state index in [2.05, 4.69) is 31.3 Å². The van der Waals surface area contributed by atoms with Crippen molar-refractivity contribution in [3.63, 3.8) is 0 Å². The molecule has 0 bridgehead atoms. The van der Waals surface area contributed by atoms with Gasteiger partial charge in [-0.3, -0.25) is 4.79 Å². The molecule has 1 amide bonds. The van der Waals surface area contributed by atoms with Gasteiger partial charge >= 0.3 is 0 Å². The fraction of sp³-hybridized carbons (Fsp3) is 0.562. The number of hydrogen-bond acceptors (Lipinski definition) is 2. The smallest absolute Gasteiger partial charge is 0.231 e. The highest BCUT2D eigenvalue weighted by Crippen LogP contribution is 2.45. The molecular weight excluding hydrogens is 236 g/mol. The molecule has 2 rings (SSSR count). The first-order chi connectivity index (χ1) is 9.09. The van der Waals surface area contributed by atoms with Crippen LogP contribution in [0.3, 0.4) is 0 Å². The molecule has 3 nitrogen and oxygen atoms in total. The topological polar surface area (TPSA) is 55.1 Å². The summed E-state index contributed by atoms with van der Waals surface area (Å²) in [6.07, 6.45) is 4.03. The van der Waals surface area contributed by atoms with E-state index in [0.29, 0.717) is 12.5 Å². The molecule has 1 aromatic carbocycles. The normalized spacial score (nSPS) is 25.7. The molecule has 0 aromatic heterocycles. The van der Waals surface area contributed by atoms with Gasteiger partial charge in [-0.1, -0.05) is 32.4 Å². The van der Waals surface area contributed by atoms with E-state index in [9.17, 15) is 4.79 Å². The number of aryl methyl sites for hydroxylation is 1. The standard InChI is InChI=1S/C16H24N2O/c1-3-4-13-5-7-14(8-6-13)18-15(19)16(11-17)9-12(2)10-16/h5-8,12H,3-4,9-11,17H2,1-2H3,(H,18,19). The van der Waals surface area contributed by atoms with Crippen molar-refractivity contribution in [1.82, 2.24) is 0 Å². The number of carbonyl (C=O) groups excluding carboxylic acids is 1. The minimum atomic E-state index is -0.332. The molecule has 0 radical (unpaired) electrons. The van der Waals surface area contributed by atoms with E-state index < -0.39 is 0 Å². The van der Waals surface area contributed by atoms with E-state index in [4.69, 9.17) is 5.73 Å². The molecular formula is C16H24N2O. The van der Waals surface area contributed by atoms with Crippen molar-refractivity contribution in [2.75, 3.05) is 11.9 Å². The highest BCUT2D eigenvalue weighted by molar-refractivity contribution is 5.96. The van der Waals surface area contributed by atoms with Gasteiger partial charge in [0, 0.05) is 12.2 Å². The zero-order chi connectivity index (χ0) is 13.9. The third kappa shape index (κ3) is 2.98. The first-order valence-electron chi connectivity index (χ1n) is 7.20. The SMILES string of the molecule is CCCc1ccc(NC(=O)C2(CN)CC(C)C2)cc1. The first kappa shape index (κ1) is 14.1. The van der Waals surface area contributed by atoms with Crippen LogP contribution in [0.4, 0.5) is 5.69 Å². The second-order valence-electron chi connectivity index (χ2n) is 5.90. The van der Waals surface area contributed by atoms with Crippen LogP contribution >= 0.6 is 0 Å². The second kappa shape index (κ2) is 5.74. The monoisotopic (exact) mass is 260 g/mol. The molecule has 0 atom stereocenters. The molecule has 1 fully saturated rings. The molecule has 3 N–H and O–H groups in total. The quantitative estimate of drug-likeness (QED) is 0.855. The van der Waals surface area contributed by atoms with Crippen molar-refractivity contribution in [1.29, 1.82) is 0 Å². The van der Waals surface area contributed by atoms with Crippen molar-refractivity contribution in [2.45, 2.75) is 39.5 Å². The number of amides is 1. The summed E-state index contributed by atoms with van der Waals surface area (Å²) < 4.78 is 0. The Bertz CT molecular complexity index is 433. The molecule has 19 heavy (non-hydrogen) atoms. The Labute approximate surface area is 115 Å². The Morgan fingerprint density at radius 2 is 2.00 bits per heavy atom. The van der Waals surface area contributed by atoms with Crippen molar-refractivity contribution in [3.8, 4) is 0 Å². The summed E-state index contributed by atoms with van der Waals surface area (Å²) in [7, 11) is 0. The van der Waals surface area contributed by atoms with Gasteiger partial charge in [-0.2, -0.15) is 0 Å². The van der Waals surface area contributed by atoms with Crippen LogP contribution in [-0.2, 0) is 11.2 Å². The van der Waals surface area contributed by atoms with E-state index in [1.165, 1.54) is 5.56 Å². The lowest BCUT2D eigenvalue weighted by Crippen LogP contribution is -2.51. The molecule has 104 valence electrons. The lowest BCUT2D eigenvalue weighted by molar-refractivity contribution is -0.132. The number of nitrogens with two attached hydrogens (primary N) is 1. The maximum Gasteiger partial charge on any atom is 0.231 e. The van der Waals surface area contributed by atoms with Crippen LogP contribution in [0.5, 0.6) is 0 Å². The number of hydrogen-bond donors (Lipinski definition) is 2. The molecule has 0 aliphatic heterocycles. The maximum atomic E-state index is 12.3. The van der Waals surface area contributed by atoms with Gasteiger partial charge in [0.25, 0.3) is 0 Å². The van der Waals surface area contributed by atoms with Crippen molar-refractivity contribution in [2.24, 2.45) is 17.1 Å². The van der Waals surface area contributed by atoms with E-state index >= 15 is 0 Å². The molecule has 0 heterocycles. The van der Waals surface area contributed by atoms with Crippen LogP contribution in [0.1, 0.15) is 38.7 Å². The fourth-order valence-electron chi connectivity index (χ4n) is 3.03. The Balaban J connectivity index is 1.98. The van der Waals surface area contributed by atoms with Gasteiger partial charge in [-0.25, -0.2) is 0 Å². The average Bonchev–Trinajstić information content (AvgIpc) is 2.37. The van der Waals surface area contributed by atoms with Gasteiger partial charge in [0.2, 0.25) is 5.91 Å². The predicted molar refractivity (Wildman–Crippen MR) is 79.0 cm³/mol. The van der Waals surface area contributed by atoms with Crippen LogP contribution in [0, 0.1) is 11.3 Å². The highest BCUT2D eigenvalue weighted by Gasteiger charge is 2.47. The Morgan fingerprint density at radius 1 is 1.37 bits per heavy atom. The Morgan fingerprint density at radius 3 is 2.47 bits per heavy atom. The van der Waals surface area contributed by atoms with E-state index in [0.717, 1.165) is 31.4 Å². The van der Waals surface area contributed by atoms with Gasteiger partial charge in [0.05, 0.1) is 5.41 Å². The third-order valence-corrected chi connectivity index (χ3v) is 4.10. The number of nitrogens with one attached hydrogen (secondary N) is 1. The largest absolute Gasteiger partial charge is 0.329 e. The molecule has 1 aromatic rings. The highest BCUT2D eigenvalue weighted by atomic mass is 16.2. The van der Waals surface area contributed by atoms with Gasteiger partial charge in [-0.15, -0.1) is 0 Å². The van der Waals surface area contributed by atoms with Crippen molar-refractivity contribution >= 4 is 11.6 Å². The van der Waals surface area contributed by atoms with E-state index in [1.54, 1.807) is 0 Å². The third-order valence-electron chi connectivity index (χ3n) is 4.10. The lowest BCUT2D eigenvalue weighted by atomic mass is 9.62. The van der Waals surface area contributed by atoms with Crippen LogP contribution in [0.25, 0.3) is 0 Å². The van der Waals surface area contributed by atoms with Crippen LogP contribution in [0.2, 0.25) is 0 Å². The minimum Gasteiger partial charge on any atom is -0.329 e. The summed E-state index contributed by atoms with van der Waals surface area (Å²) in [4.78, 5) is 12.3. The van der Waals surface area contributed by atoms with Gasteiger partial charge in [-0.05, 0) is 42.9 Å². The van der Waals surface area contributed by atoms with E-state index in [1.807, 2.05) is 12.1 Å². The summed E-state index contributed by atoms with van der Waals surface area (Å²) in [6.45, 7) is 4.77. The summed E-state index contributed by atoms with van der Waals surface area (Å²) >= 11 is 0. The first-order valence-corrected chi connectivity index (χ1v) is 7.20. The number of rotatable bonds is 5. The summed E-state index contributed by atoms with van der Waals surface area (Å²) in [6, 6.07) is 8.12. The summed E-state index contributed by atoms with van der Waals surface area (Å²) in [5.74, 6) is 0.692. The minimum absolute atomic E-state index is 0.0799. The predicted octanol–water partition coefficient (Wildman–Crippen LogP) is 2.95. The zero-order valence-electron chi connectivity index (χ0n) is 11.9. The average molecular weight is 260 g/mol. The molecule has 1 saturated carbocycles.